The highest BCUT2D eigenvalue weighted by molar-refractivity contribution is 5.92. The maximum Gasteiger partial charge on any atom is 0.303 e. The van der Waals surface area contributed by atoms with Gasteiger partial charge in [-0.15, -0.1) is 6.58 Å². The van der Waals surface area contributed by atoms with Gasteiger partial charge >= 0.3 is 5.97 Å². The van der Waals surface area contributed by atoms with Crippen molar-refractivity contribution >= 4 is 11.8 Å². The number of carbonyl (C=O) groups excluding carboxylic acids is 2. The molecule has 0 aromatic rings. The third-order valence-corrected chi connectivity index (χ3v) is 8.02. The van der Waals surface area contributed by atoms with Gasteiger partial charge in [-0.3, -0.25) is 9.59 Å². The van der Waals surface area contributed by atoms with Crippen molar-refractivity contribution in [3.05, 3.63) is 12.7 Å². The number of aliphatic hydroxyl groups is 3. The standard InChI is InChI=1S/C22H34O7/c1-8-19(5)11-14(25)22(27)20(6)13(24)9-10-18(3,4)16(20)15(26)17(28-12(2)23)21(22,7)29-19/h8,13,15-17,24,26-27H,1,9-11H2,2-7H3/t13-,15-,16-,17-,19-,20-,21-,22-/m1/s1. The van der Waals surface area contributed by atoms with Crippen molar-refractivity contribution in [2.24, 2.45) is 16.7 Å². The lowest BCUT2D eigenvalue weighted by Gasteiger charge is -2.71. The quantitative estimate of drug-likeness (QED) is 0.467. The molecule has 3 aliphatic rings. The van der Waals surface area contributed by atoms with Gasteiger partial charge in [0.2, 0.25) is 0 Å². The molecule has 2 aliphatic carbocycles. The monoisotopic (exact) mass is 410 g/mol. The van der Waals surface area contributed by atoms with Crippen LogP contribution in [0.4, 0.5) is 0 Å². The summed E-state index contributed by atoms with van der Waals surface area (Å²) in [6.07, 6.45) is -1.29. The fourth-order valence-corrected chi connectivity index (χ4v) is 6.66. The third-order valence-electron chi connectivity index (χ3n) is 8.02. The second kappa shape index (κ2) is 6.36. The summed E-state index contributed by atoms with van der Waals surface area (Å²) < 4.78 is 11.8. The lowest BCUT2D eigenvalue weighted by molar-refractivity contribution is -0.370. The van der Waals surface area contributed by atoms with Gasteiger partial charge in [-0.1, -0.05) is 26.8 Å². The number of aliphatic hydroxyl groups excluding tert-OH is 2. The maximum absolute atomic E-state index is 13.6. The predicted molar refractivity (Wildman–Crippen MR) is 105 cm³/mol. The Bertz CT molecular complexity index is 747. The Morgan fingerprint density at radius 2 is 1.83 bits per heavy atom. The van der Waals surface area contributed by atoms with E-state index in [1.807, 2.05) is 13.8 Å². The lowest BCUT2D eigenvalue weighted by atomic mass is 9.40. The van der Waals surface area contributed by atoms with Crippen LogP contribution in [0.5, 0.6) is 0 Å². The van der Waals surface area contributed by atoms with Crippen LogP contribution in [0.25, 0.3) is 0 Å². The van der Waals surface area contributed by atoms with Crippen molar-refractivity contribution in [2.45, 2.75) is 95.9 Å². The summed E-state index contributed by atoms with van der Waals surface area (Å²) in [4.78, 5) is 25.5. The number of hydrogen-bond acceptors (Lipinski definition) is 7. The summed E-state index contributed by atoms with van der Waals surface area (Å²) in [7, 11) is 0. The van der Waals surface area contributed by atoms with Crippen LogP contribution in [-0.2, 0) is 19.1 Å². The minimum absolute atomic E-state index is 0.138. The Kier molecular flexibility index (Phi) is 4.91. The van der Waals surface area contributed by atoms with Crippen molar-refractivity contribution < 1.29 is 34.4 Å². The Hall–Kier alpha value is -1.28. The van der Waals surface area contributed by atoms with E-state index in [9.17, 15) is 24.9 Å². The normalized spacial score (nSPS) is 51.6. The van der Waals surface area contributed by atoms with Crippen LogP contribution in [0.1, 0.15) is 60.8 Å². The van der Waals surface area contributed by atoms with E-state index < -0.39 is 63.6 Å². The zero-order chi connectivity index (χ0) is 22.2. The van der Waals surface area contributed by atoms with E-state index in [4.69, 9.17) is 9.47 Å². The van der Waals surface area contributed by atoms with Gasteiger partial charge in [0.1, 0.15) is 5.60 Å². The van der Waals surface area contributed by atoms with Gasteiger partial charge in [0.15, 0.2) is 17.5 Å². The molecule has 29 heavy (non-hydrogen) atoms. The van der Waals surface area contributed by atoms with Crippen LogP contribution in [0.15, 0.2) is 12.7 Å². The molecule has 164 valence electrons. The molecule has 0 amide bonds. The average Bonchev–Trinajstić information content (AvgIpc) is 2.59. The molecule has 0 radical (unpaired) electrons. The number of carbonyl (C=O) groups is 2. The molecule has 3 rings (SSSR count). The van der Waals surface area contributed by atoms with Crippen LogP contribution in [0.3, 0.4) is 0 Å². The molecular weight excluding hydrogens is 376 g/mol. The van der Waals surface area contributed by atoms with E-state index in [1.165, 1.54) is 19.9 Å². The van der Waals surface area contributed by atoms with E-state index in [0.29, 0.717) is 12.8 Å². The minimum Gasteiger partial charge on any atom is -0.457 e. The molecule has 3 N–H and O–H groups in total. The van der Waals surface area contributed by atoms with Crippen molar-refractivity contribution in [3.8, 4) is 0 Å². The fourth-order valence-electron chi connectivity index (χ4n) is 6.66. The molecule has 2 saturated carbocycles. The molecule has 1 saturated heterocycles. The first-order valence-electron chi connectivity index (χ1n) is 10.2. The van der Waals surface area contributed by atoms with E-state index in [0.717, 1.165) is 0 Å². The van der Waals surface area contributed by atoms with Crippen LogP contribution in [0, 0.1) is 16.7 Å². The average molecular weight is 411 g/mol. The Morgan fingerprint density at radius 1 is 1.24 bits per heavy atom. The summed E-state index contributed by atoms with van der Waals surface area (Å²) in [6.45, 7) is 13.6. The summed E-state index contributed by atoms with van der Waals surface area (Å²) in [5.74, 6) is -1.87. The number of rotatable bonds is 2. The molecule has 0 bridgehead atoms. The second-order valence-corrected chi connectivity index (χ2v) is 10.4. The van der Waals surface area contributed by atoms with E-state index in [1.54, 1.807) is 13.8 Å². The Morgan fingerprint density at radius 3 is 2.34 bits per heavy atom. The molecule has 7 heteroatoms. The number of ketones is 1. The topological polar surface area (TPSA) is 113 Å². The molecule has 1 heterocycles. The Labute approximate surface area is 172 Å². The van der Waals surface area contributed by atoms with Gasteiger partial charge in [0.25, 0.3) is 0 Å². The van der Waals surface area contributed by atoms with Gasteiger partial charge in [-0.25, -0.2) is 0 Å². The zero-order valence-corrected chi connectivity index (χ0v) is 18.2. The van der Waals surface area contributed by atoms with Crippen molar-refractivity contribution in [1.29, 1.82) is 0 Å². The molecule has 0 spiro atoms. The SMILES string of the molecule is C=C[C@]1(C)CC(=O)[C@@]2(O)[C@]3(C)[C@H](O)CCC(C)(C)[C@H]3[C@@H](O)[C@@H](OC(C)=O)[C@@]2(C)O1. The highest BCUT2D eigenvalue weighted by Crippen LogP contribution is 2.66. The highest BCUT2D eigenvalue weighted by Gasteiger charge is 2.81. The first kappa shape index (κ1) is 22.4. The molecule has 7 nitrogen and oxygen atoms in total. The van der Waals surface area contributed by atoms with Gasteiger partial charge in [0, 0.05) is 24.7 Å². The summed E-state index contributed by atoms with van der Waals surface area (Å²) in [5, 5.41) is 34.7. The number of Topliss-reactive ketones (excluding diaryl/α,β-unsaturated/α-hetero) is 1. The van der Waals surface area contributed by atoms with Crippen LogP contribution in [0.2, 0.25) is 0 Å². The van der Waals surface area contributed by atoms with Crippen LogP contribution < -0.4 is 0 Å². The molecular formula is C22H34O7. The minimum atomic E-state index is -2.18. The zero-order valence-electron chi connectivity index (χ0n) is 18.2. The molecule has 8 atom stereocenters. The number of esters is 1. The molecule has 1 aliphatic heterocycles. The molecule has 0 aromatic carbocycles. The van der Waals surface area contributed by atoms with Crippen molar-refractivity contribution in [2.75, 3.05) is 0 Å². The van der Waals surface area contributed by atoms with Crippen LogP contribution >= 0.6 is 0 Å². The smallest absolute Gasteiger partial charge is 0.303 e. The first-order chi connectivity index (χ1) is 13.1. The van der Waals surface area contributed by atoms with E-state index in [2.05, 4.69) is 6.58 Å². The molecule has 3 fully saturated rings. The fraction of sp³-hybridized carbons (Fsp3) is 0.818. The predicted octanol–water partition coefficient (Wildman–Crippen LogP) is 1.52. The van der Waals surface area contributed by atoms with E-state index in [-0.39, 0.29) is 6.42 Å². The largest absolute Gasteiger partial charge is 0.457 e. The number of ether oxygens (including phenoxy) is 2. The van der Waals surface area contributed by atoms with Crippen LogP contribution in [-0.4, -0.2) is 62.2 Å². The Balaban J connectivity index is 2.33. The number of fused-ring (bicyclic) bond motifs is 3. The highest BCUT2D eigenvalue weighted by atomic mass is 16.6. The van der Waals surface area contributed by atoms with Crippen molar-refractivity contribution in [1.82, 2.24) is 0 Å². The maximum atomic E-state index is 13.6. The van der Waals surface area contributed by atoms with Gasteiger partial charge in [-0.2, -0.15) is 0 Å². The molecule has 0 unspecified atom stereocenters. The summed E-state index contributed by atoms with van der Waals surface area (Å²) in [6, 6.07) is 0. The second-order valence-electron chi connectivity index (χ2n) is 10.4. The third kappa shape index (κ3) is 2.63. The first-order valence-corrected chi connectivity index (χ1v) is 10.2. The summed E-state index contributed by atoms with van der Waals surface area (Å²) >= 11 is 0. The van der Waals surface area contributed by atoms with Crippen molar-refractivity contribution in [3.63, 3.8) is 0 Å². The number of hydrogen-bond donors (Lipinski definition) is 3. The van der Waals surface area contributed by atoms with E-state index >= 15 is 0 Å². The van der Waals surface area contributed by atoms with Gasteiger partial charge in [-0.05, 0) is 32.1 Å². The lowest BCUT2D eigenvalue weighted by Crippen LogP contribution is -2.86. The van der Waals surface area contributed by atoms with Gasteiger partial charge < -0.3 is 24.8 Å². The summed E-state index contributed by atoms with van der Waals surface area (Å²) in [5.41, 5.74) is -7.00. The molecule has 0 aromatic heterocycles. The van der Waals surface area contributed by atoms with Gasteiger partial charge in [0.05, 0.1) is 17.8 Å².